The van der Waals surface area contributed by atoms with Gasteiger partial charge in [0.2, 0.25) is 0 Å². The molecule has 0 aliphatic heterocycles. The lowest BCUT2D eigenvalue weighted by Gasteiger charge is -1.99. The summed E-state index contributed by atoms with van der Waals surface area (Å²) >= 11 is 0. The van der Waals surface area contributed by atoms with Gasteiger partial charge in [-0.25, -0.2) is 8.99 Å². The van der Waals surface area contributed by atoms with Crippen LogP contribution >= 0.6 is 0 Å². The zero-order chi connectivity index (χ0) is 8.48. The Bertz CT molecular complexity index is 339. The summed E-state index contributed by atoms with van der Waals surface area (Å²) in [5.41, 5.74) is 0.873. The highest BCUT2D eigenvalue weighted by Gasteiger charge is 2.01. The topological polar surface area (TPSA) is 53.8 Å². The largest absolute Gasteiger partial charge is 0.260 e. The summed E-state index contributed by atoms with van der Waals surface area (Å²) in [4.78, 5) is 4.44. The van der Waals surface area contributed by atoms with Crippen molar-refractivity contribution in [3.05, 3.63) is 24.0 Å². The van der Waals surface area contributed by atoms with Crippen molar-refractivity contribution in [3.63, 3.8) is 0 Å². The van der Waals surface area contributed by atoms with E-state index in [0.29, 0.717) is 4.90 Å². The fourth-order valence-corrected chi connectivity index (χ4v) is 1.27. The summed E-state index contributed by atoms with van der Waals surface area (Å²) in [5, 5.41) is 0. The molecule has 1 aromatic rings. The maximum atomic E-state index is 11.1. The highest BCUT2D eigenvalue weighted by atomic mass is 32.2. The minimum absolute atomic E-state index is 0.489. The number of aryl methyl sites for hydroxylation is 1. The molecule has 0 fully saturated rings. The van der Waals surface area contributed by atoms with Crippen LogP contribution in [0.15, 0.2) is 23.2 Å². The van der Waals surface area contributed by atoms with Gasteiger partial charge in [-0.15, -0.1) is 0 Å². The summed E-state index contributed by atoms with van der Waals surface area (Å²) in [6.45, 7) is 1.85. The van der Waals surface area contributed by atoms with Gasteiger partial charge in [-0.1, -0.05) is 0 Å². The minimum atomic E-state index is -2.58. The Morgan fingerprint density at radius 2 is 2.18 bits per heavy atom. The van der Waals surface area contributed by atoms with E-state index in [1.807, 2.05) is 6.92 Å². The van der Waals surface area contributed by atoms with Gasteiger partial charge in [-0.05, 0) is 19.1 Å². The quantitative estimate of drug-likeness (QED) is 0.693. The SMILES string of the molecule is Cc1ccc(S(C)(=N)=O)cn1. The second-order valence-electron chi connectivity index (χ2n) is 2.48. The lowest BCUT2D eigenvalue weighted by atomic mass is 10.4. The van der Waals surface area contributed by atoms with Crippen LogP contribution in [0.3, 0.4) is 0 Å². The van der Waals surface area contributed by atoms with Crippen LogP contribution in [0.1, 0.15) is 5.69 Å². The predicted octanol–water partition coefficient (Wildman–Crippen LogP) is 1.43. The Morgan fingerprint density at radius 3 is 2.55 bits per heavy atom. The molecule has 1 N–H and O–H groups in total. The molecule has 0 bridgehead atoms. The smallest absolute Gasteiger partial charge is 0.0712 e. The first-order valence-corrected chi connectivity index (χ1v) is 5.13. The third-order valence-corrected chi connectivity index (χ3v) is 2.48. The lowest BCUT2D eigenvalue weighted by Crippen LogP contribution is -1.95. The van der Waals surface area contributed by atoms with Gasteiger partial charge < -0.3 is 0 Å². The van der Waals surface area contributed by atoms with E-state index < -0.39 is 9.73 Å². The van der Waals surface area contributed by atoms with Gasteiger partial charge in [-0.3, -0.25) is 4.98 Å². The number of hydrogen-bond donors (Lipinski definition) is 1. The number of pyridine rings is 1. The van der Waals surface area contributed by atoms with E-state index in [1.165, 1.54) is 12.5 Å². The van der Waals surface area contributed by atoms with Crippen molar-refractivity contribution in [2.45, 2.75) is 11.8 Å². The highest BCUT2D eigenvalue weighted by molar-refractivity contribution is 7.91. The van der Waals surface area contributed by atoms with Crippen molar-refractivity contribution in [3.8, 4) is 0 Å². The molecule has 0 aliphatic carbocycles. The van der Waals surface area contributed by atoms with Crippen LogP contribution < -0.4 is 0 Å². The van der Waals surface area contributed by atoms with Crippen molar-refractivity contribution in [2.24, 2.45) is 0 Å². The average molecular weight is 170 g/mol. The van der Waals surface area contributed by atoms with Crippen molar-refractivity contribution in [1.29, 1.82) is 4.78 Å². The first-order chi connectivity index (χ1) is 5.00. The maximum absolute atomic E-state index is 11.1. The van der Waals surface area contributed by atoms with Crippen LogP contribution in [0.5, 0.6) is 0 Å². The van der Waals surface area contributed by atoms with Crippen LogP contribution in [0, 0.1) is 11.7 Å². The number of rotatable bonds is 1. The van der Waals surface area contributed by atoms with Gasteiger partial charge in [0.25, 0.3) is 0 Å². The van der Waals surface area contributed by atoms with Gasteiger partial charge in [0, 0.05) is 18.1 Å². The summed E-state index contributed by atoms with van der Waals surface area (Å²) in [7, 11) is -2.58. The molecule has 0 saturated carbocycles. The van der Waals surface area contributed by atoms with E-state index in [1.54, 1.807) is 12.1 Å². The lowest BCUT2D eigenvalue weighted by molar-refractivity contribution is 0.678. The van der Waals surface area contributed by atoms with E-state index in [-0.39, 0.29) is 0 Å². The molecule has 4 heteroatoms. The molecule has 11 heavy (non-hydrogen) atoms. The van der Waals surface area contributed by atoms with E-state index in [2.05, 4.69) is 4.98 Å². The van der Waals surface area contributed by atoms with E-state index in [0.717, 1.165) is 5.69 Å². The normalized spacial score (nSPS) is 15.8. The van der Waals surface area contributed by atoms with Gasteiger partial charge in [0.05, 0.1) is 14.6 Å². The molecule has 0 radical (unpaired) electrons. The standard InChI is InChI=1S/C7H10N2OS/c1-6-3-4-7(5-9-6)11(2,8)10/h3-5,8H,1-2H3. The van der Waals surface area contributed by atoms with Crippen molar-refractivity contribution in [1.82, 2.24) is 4.98 Å². The first kappa shape index (κ1) is 8.20. The molecular formula is C7H10N2OS. The molecule has 0 aliphatic rings. The number of nitrogens with one attached hydrogen (secondary N) is 1. The van der Waals surface area contributed by atoms with E-state index >= 15 is 0 Å². The second-order valence-corrected chi connectivity index (χ2v) is 4.64. The fraction of sp³-hybridized carbons (Fsp3) is 0.286. The summed E-state index contributed by atoms with van der Waals surface area (Å²) < 4.78 is 18.4. The Hall–Kier alpha value is -0.900. The zero-order valence-electron chi connectivity index (χ0n) is 6.50. The summed E-state index contributed by atoms with van der Waals surface area (Å²) in [6.07, 6.45) is 2.88. The molecule has 0 aromatic carbocycles. The molecular weight excluding hydrogens is 160 g/mol. The van der Waals surface area contributed by atoms with Crippen LogP contribution in [0.25, 0.3) is 0 Å². The van der Waals surface area contributed by atoms with Crippen LogP contribution in [0.2, 0.25) is 0 Å². The third-order valence-electron chi connectivity index (χ3n) is 1.33. The molecule has 0 amide bonds. The molecule has 3 nitrogen and oxygen atoms in total. The monoisotopic (exact) mass is 170 g/mol. The molecule has 0 spiro atoms. The molecule has 1 heterocycles. The Balaban J connectivity index is 3.20. The minimum Gasteiger partial charge on any atom is -0.260 e. The van der Waals surface area contributed by atoms with Gasteiger partial charge in [0.1, 0.15) is 0 Å². The van der Waals surface area contributed by atoms with Gasteiger partial charge >= 0.3 is 0 Å². The van der Waals surface area contributed by atoms with Crippen LogP contribution in [-0.4, -0.2) is 15.4 Å². The molecule has 0 saturated heterocycles. The van der Waals surface area contributed by atoms with E-state index in [4.69, 9.17) is 4.78 Å². The Kier molecular flexibility index (Phi) is 1.95. The summed E-state index contributed by atoms with van der Waals surface area (Å²) in [5.74, 6) is 0. The fourth-order valence-electron chi connectivity index (χ4n) is 0.685. The molecule has 1 atom stereocenters. The predicted molar refractivity (Wildman–Crippen MR) is 44.0 cm³/mol. The van der Waals surface area contributed by atoms with Crippen molar-refractivity contribution < 1.29 is 4.21 Å². The van der Waals surface area contributed by atoms with Gasteiger partial charge in [-0.2, -0.15) is 0 Å². The van der Waals surface area contributed by atoms with Crippen LogP contribution in [0.4, 0.5) is 0 Å². The molecule has 1 aromatic heterocycles. The maximum Gasteiger partial charge on any atom is 0.0712 e. The van der Waals surface area contributed by atoms with Crippen LogP contribution in [-0.2, 0) is 9.73 Å². The Morgan fingerprint density at radius 1 is 1.55 bits per heavy atom. The third kappa shape index (κ3) is 2.01. The Labute approximate surface area is 66.4 Å². The highest BCUT2D eigenvalue weighted by Crippen LogP contribution is 2.06. The van der Waals surface area contributed by atoms with Crippen molar-refractivity contribution >= 4 is 9.73 Å². The number of hydrogen-bond acceptors (Lipinski definition) is 3. The number of aromatic nitrogens is 1. The summed E-state index contributed by atoms with van der Waals surface area (Å²) in [6, 6.07) is 3.44. The first-order valence-electron chi connectivity index (χ1n) is 3.16. The molecule has 1 rings (SSSR count). The van der Waals surface area contributed by atoms with E-state index in [9.17, 15) is 4.21 Å². The molecule has 60 valence electrons. The second kappa shape index (κ2) is 2.62. The average Bonchev–Trinajstić information content (AvgIpc) is 1.86. The molecule has 1 unspecified atom stereocenters. The number of nitrogens with zero attached hydrogens (tertiary/aromatic N) is 1. The van der Waals surface area contributed by atoms with Crippen molar-refractivity contribution in [2.75, 3.05) is 6.26 Å². The van der Waals surface area contributed by atoms with Gasteiger partial charge in [0.15, 0.2) is 0 Å². The zero-order valence-corrected chi connectivity index (χ0v) is 7.31.